The Bertz CT molecular complexity index is 710. The van der Waals surface area contributed by atoms with E-state index in [2.05, 4.69) is 65.4 Å². The Labute approximate surface area is 150 Å². The van der Waals surface area contributed by atoms with E-state index >= 15 is 0 Å². The van der Waals surface area contributed by atoms with E-state index in [1.807, 2.05) is 0 Å². The van der Waals surface area contributed by atoms with E-state index in [0.717, 1.165) is 38.2 Å². The van der Waals surface area contributed by atoms with Crippen molar-refractivity contribution < 1.29 is 4.74 Å². The van der Waals surface area contributed by atoms with Gasteiger partial charge < -0.3 is 20.3 Å². The summed E-state index contributed by atoms with van der Waals surface area (Å²) >= 11 is 0. The maximum atomic E-state index is 6.43. The van der Waals surface area contributed by atoms with Crippen LogP contribution in [0.15, 0.2) is 48.5 Å². The Morgan fingerprint density at radius 2 is 1.80 bits per heavy atom. The van der Waals surface area contributed by atoms with Gasteiger partial charge >= 0.3 is 0 Å². The summed E-state index contributed by atoms with van der Waals surface area (Å²) in [5, 5.41) is 0. The summed E-state index contributed by atoms with van der Waals surface area (Å²) in [5.74, 6) is 1.05. The van der Waals surface area contributed by atoms with Gasteiger partial charge in [0.05, 0.1) is 6.04 Å². The highest BCUT2D eigenvalue weighted by atomic mass is 16.5. The molecule has 1 unspecified atom stereocenters. The Hall–Kier alpha value is -2.04. The zero-order valence-corrected chi connectivity index (χ0v) is 14.9. The van der Waals surface area contributed by atoms with Crippen molar-refractivity contribution >= 4 is 5.69 Å². The predicted octanol–water partition coefficient (Wildman–Crippen LogP) is 3.18. The molecule has 1 atom stereocenters. The molecule has 2 heterocycles. The van der Waals surface area contributed by atoms with Crippen LogP contribution in [0.2, 0.25) is 0 Å². The van der Waals surface area contributed by atoms with E-state index in [4.69, 9.17) is 10.5 Å². The summed E-state index contributed by atoms with van der Waals surface area (Å²) in [6, 6.07) is 17.2. The third kappa shape index (κ3) is 3.24. The lowest BCUT2D eigenvalue weighted by molar-refractivity contribution is 0.113. The second kappa shape index (κ2) is 7.06. The number of likely N-dealkylation sites (tertiary alicyclic amines) is 1. The molecule has 2 aromatic carbocycles. The molecule has 0 spiro atoms. The molecule has 2 aliphatic rings. The van der Waals surface area contributed by atoms with Crippen molar-refractivity contribution in [2.45, 2.75) is 31.5 Å². The molecule has 25 heavy (non-hydrogen) atoms. The smallest absolute Gasteiger partial charge is 0.125 e. The lowest BCUT2D eigenvalue weighted by Crippen LogP contribution is -2.35. The predicted molar refractivity (Wildman–Crippen MR) is 102 cm³/mol. The highest BCUT2D eigenvalue weighted by Crippen LogP contribution is 2.41. The Kier molecular flexibility index (Phi) is 4.64. The van der Waals surface area contributed by atoms with Gasteiger partial charge in [0, 0.05) is 37.4 Å². The van der Waals surface area contributed by atoms with Crippen molar-refractivity contribution in [3.8, 4) is 5.75 Å². The van der Waals surface area contributed by atoms with Crippen LogP contribution in [-0.4, -0.2) is 37.7 Å². The fourth-order valence-corrected chi connectivity index (χ4v) is 4.05. The third-order valence-electron chi connectivity index (χ3n) is 5.50. The SMILES string of the molecule is CN1CCC(Oc2cccc3c2CN(c2ccccc2)C3CN)CC1. The number of ether oxygens (including phenoxy) is 1. The Balaban J connectivity index is 1.59. The van der Waals surface area contributed by atoms with Gasteiger partial charge in [0.1, 0.15) is 11.9 Å². The quantitative estimate of drug-likeness (QED) is 0.930. The van der Waals surface area contributed by atoms with Crippen LogP contribution in [-0.2, 0) is 6.54 Å². The number of nitrogens with zero attached hydrogens (tertiary/aromatic N) is 2. The molecule has 0 saturated carbocycles. The molecule has 132 valence electrons. The first kappa shape index (κ1) is 16.4. The van der Waals surface area contributed by atoms with E-state index in [-0.39, 0.29) is 6.04 Å². The number of benzene rings is 2. The van der Waals surface area contributed by atoms with Crippen LogP contribution in [0, 0.1) is 0 Å². The topological polar surface area (TPSA) is 41.7 Å². The second-order valence-corrected chi connectivity index (χ2v) is 7.16. The summed E-state index contributed by atoms with van der Waals surface area (Å²) in [6.45, 7) is 3.70. The summed E-state index contributed by atoms with van der Waals surface area (Å²) in [5.41, 5.74) is 9.98. The van der Waals surface area contributed by atoms with Gasteiger partial charge in [-0.25, -0.2) is 0 Å². The molecular weight excluding hydrogens is 310 g/mol. The molecule has 2 aliphatic heterocycles. The van der Waals surface area contributed by atoms with Crippen LogP contribution in [0.25, 0.3) is 0 Å². The van der Waals surface area contributed by atoms with E-state index in [1.165, 1.54) is 16.8 Å². The maximum Gasteiger partial charge on any atom is 0.125 e. The molecule has 0 aliphatic carbocycles. The summed E-state index contributed by atoms with van der Waals surface area (Å²) in [4.78, 5) is 4.77. The fraction of sp³-hybridized carbons (Fsp3) is 0.429. The number of anilines is 1. The minimum atomic E-state index is 0.221. The lowest BCUT2D eigenvalue weighted by Gasteiger charge is -2.30. The van der Waals surface area contributed by atoms with Gasteiger partial charge in [-0.15, -0.1) is 0 Å². The zero-order valence-electron chi connectivity index (χ0n) is 14.9. The first-order valence-corrected chi connectivity index (χ1v) is 9.25. The maximum absolute atomic E-state index is 6.43. The van der Waals surface area contributed by atoms with Gasteiger partial charge in [-0.1, -0.05) is 30.3 Å². The number of hydrogen-bond donors (Lipinski definition) is 1. The highest BCUT2D eigenvalue weighted by Gasteiger charge is 2.32. The molecular formula is C21H27N3O. The van der Waals surface area contributed by atoms with Crippen molar-refractivity contribution in [3.05, 3.63) is 59.7 Å². The summed E-state index contributed by atoms with van der Waals surface area (Å²) in [6.07, 6.45) is 2.52. The van der Waals surface area contributed by atoms with Gasteiger partial charge in [0.25, 0.3) is 0 Å². The van der Waals surface area contributed by atoms with Crippen LogP contribution in [0.1, 0.15) is 30.0 Å². The molecule has 0 amide bonds. The van der Waals surface area contributed by atoms with Crippen LogP contribution in [0.4, 0.5) is 5.69 Å². The van der Waals surface area contributed by atoms with Crippen LogP contribution in [0.5, 0.6) is 5.75 Å². The van der Waals surface area contributed by atoms with E-state index in [9.17, 15) is 0 Å². The van der Waals surface area contributed by atoms with E-state index in [1.54, 1.807) is 0 Å². The second-order valence-electron chi connectivity index (χ2n) is 7.16. The van der Waals surface area contributed by atoms with E-state index < -0.39 is 0 Å². The van der Waals surface area contributed by atoms with Crippen LogP contribution >= 0.6 is 0 Å². The standard InChI is InChI=1S/C21H27N3O/c1-23-12-10-17(11-13-23)25-21-9-5-8-18-19(21)15-24(20(18)14-22)16-6-3-2-4-7-16/h2-9,17,20H,10-15,22H2,1H3. The van der Waals surface area contributed by atoms with Gasteiger partial charge in [0.15, 0.2) is 0 Å². The molecule has 1 fully saturated rings. The number of hydrogen-bond acceptors (Lipinski definition) is 4. The largest absolute Gasteiger partial charge is 0.490 e. The molecule has 1 saturated heterocycles. The molecule has 2 N–H and O–H groups in total. The lowest BCUT2D eigenvalue weighted by atomic mass is 10.0. The first-order chi connectivity index (χ1) is 12.3. The minimum Gasteiger partial charge on any atom is -0.490 e. The third-order valence-corrected chi connectivity index (χ3v) is 5.50. The molecule has 4 heteroatoms. The van der Waals surface area contributed by atoms with Crippen molar-refractivity contribution in [1.29, 1.82) is 0 Å². The van der Waals surface area contributed by atoms with Gasteiger partial charge in [-0.2, -0.15) is 0 Å². The fourth-order valence-electron chi connectivity index (χ4n) is 4.05. The van der Waals surface area contributed by atoms with Crippen LogP contribution < -0.4 is 15.4 Å². The first-order valence-electron chi connectivity index (χ1n) is 9.25. The number of rotatable bonds is 4. The number of para-hydroxylation sites is 1. The number of piperidine rings is 1. The minimum absolute atomic E-state index is 0.221. The molecule has 4 nitrogen and oxygen atoms in total. The molecule has 4 rings (SSSR count). The Morgan fingerprint density at radius 3 is 2.52 bits per heavy atom. The zero-order chi connectivity index (χ0) is 17.2. The molecule has 0 radical (unpaired) electrons. The van der Waals surface area contributed by atoms with Gasteiger partial charge in [0.2, 0.25) is 0 Å². The average molecular weight is 337 g/mol. The Morgan fingerprint density at radius 1 is 1.04 bits per heavy atom. The molecule has 0 bridgehead atoms. The molecule has 2 aromatic rings. The summed E-state index contributed by atoms with van der Waals surface area (Å²) < 4.78 is 6.43. The van der Waals surface area contributed by atoms with Crippen molar-refractivity contribution in [3.63, 3.8) is 0 Å². The van der Waals surface area contributed by atoms with Gasteiger partial charge in [-0.3, -0.25) is 0 Å². The monoisotopic (exact) mass is 337 g/mol. The number of fused-ring (bicyclic) bond motifs is 1. The van der Waals surface area contributed by atoms with E-state index in [0.29, 0.717) is 12.6 Å². The number of nitrogens with two attached hydrogens (primary N) is 1. The van der Waals surface area contributed by atoms with Crippen molar-refractivity contribution in [2.24, 2.45) is 5.73 Å². The van der Waals surface area contributed by atoms with Gasteiger partial charge in [-0.05, 0) is 43.7 Å². The van der Waals surface area contributed by atoms with Crippen LogP contribution in [0.3, 0.4) is 0 Å². The normalized spacial score (nSPS) is 21.4. The summed E-state index contributed by atoms with van der Waals surface area (Å²) in [7, 11) is 2.18. The van der Waals surface area contributed by atoms with Crippen molar-refractivity contribution in [1.82, 2.24) is 4.90 Å². The molecule has 0 aromatic heterocycles. The average Bonchev–Trinajstić information content (AvgIpc) is 3.04. The van der Waals surface area contributed by atoms with Crippen molar-refractivity contribution in [2.75, 3.05) is 31.6 Å². The highest BCUT2D eigenvalue weighted by molar-refractivity contribution is 5.58.